The standard InChI is InChI=1S/C16H21FN2O2/c1-16(18,11-6-7-11)15(20)19-8-9-21-14(10-19)12-4-2-3-5-13(12)17/h2-5,11,14H,6-10,18H2,1H3/t14-,16-/m0/s1. The maximum Gasteiger partial charge on any atom is 0.242 e. The number of amides is 1. The van der Waals surface area contributed by atoms with Gasteiger partial charge in [-0.2, -0.15) is 0 Å². The lowest BCUT2D eigenvalue weighted by Gasteiger charge is -2.37. The first-order valence-electron chi connectivity index (χ1n) is 7.44. The third-order valence-electron chi connectivity index (χ3n) is 4.49. The number of carbonyl (C=O) groups excluding carboxylic acids is 1. The molecule has 4 nitrogen and oxygen atoms in total. The van der Waals surface area contributed by atoms with E-state index in [0.29, 0.717) is 25.3 Å². The second-order valence-electron chi connectivity index (χ2n) is 6.19. The van der Waals surface area contributed by atoms with Crippen LogP contribution in [0.15, 0.2) is 24.3 Å². The molecule has 2 aliphatic rings. The molecule has 1 saturated heterocycles. The Hall–Kier alpha value is -1.46. The minimum Gasteiger partial charge on any atom is -0.370 e. The molecule has 2 fully saturated rings. The third-order valence-corrected chi connectivity index (χ3v) is 4.49. The van der Waals surface area contributed by atoms with E-state index in [4.69, 9.17) is 10.5 Å². The number of nitrogens with zero attached hydrogens (tertiary/aromatic N) is 1. The van der Waals surface area contributed by atoms with Gasteiger partial charge in [-0.25, -0.2) is 4.39 Å². The maximum atomic E-state index is 13.9. The molecule has 0 bridgehead atoms. The Balaban J connectivity index is 1.74. The Bertz CT molecular complexity index is 543. The van der Waals surface area contributed by atoms with Crippen LogP contribution in [0.25, 0.3) is 0 Å². The van der Waals surface area contributed by atoms with E-state index >= 15 is 0 Å². The average molecular weight is 292 g/mol. The van der Waals surface area contributed by atoms with Crippen LogP contribution in [0.4, 0.5) is 4.39 Å². The van der Waals surface area contributed by atoms with Crippen molar-refractivity contribution in [1.82, 2.24) is 4.90 Å². The molecule has 1 heterocycles. The normalized spacial score (nSPS) is 25.5. The summed E-state index contributed by atoms with van der Waals surface area (Å²) < 4.78 is 19.5. The topological polar surface area (TPSA) is 55.6 Å². The number of benzene rings is 1. The molecule has 1 aliphatic heterocycles. The molecule has 0 spiro atoms. The fraction of sp³-hybridized carbons (Fsp3) is 0.562. The van der Waals surface area contributed by atoms with E-state index < -0.39 is 11.6 Å². The Morgan fingerprint density at radius 2 is 2.14 bits per heavy atom. The van der Waals surface area contributed by atoms with E-state index in [1.54, 1.807) is 30.0 Å². The Labute approximate surface area is 124 Å². The molecular weight excluding hydrogens is 271 g/mol. The van der Waals surface area contributed by atoms with Gasteiger partial charge in [0.25, 0.3) is 0 Å². The van der Waals surface area contributed by atoms with E-state index in [2.05, 4.69) is 0 Å². The first kappa shape index (κ1) is 14.5. The van der Waals surface area contributed by atoms with Gasteiger partial charge >= 0.3 is 0 Å². The zero-order valence-corrected chi connectivity index (χ0v) is 12.2. The summed E-state index contributed by atoms with van der Waals surface area (Å²) in [5, 5.41) is 0. The summed E-state index contributed by atoms with van der Waals surface area (Å²) >= 11 is 0. The van der Waals surface area contributed by atoms with E-state index in [9.17, 15) is 9.18 Å². The van der Waals surface area contributed by atoms with Crippen LogP contribution in [0.5, 0.6) is 0 Å². The van der Waals surface area contributed by atoms with Crippen molar-refractivity contribution in [2.75, 3.05) is 19.7 Å². The highest BCUT2D eigenvalue weighted by atomic mass is 19.1. The van der Waals surface area contributed by atoms with Crippen LogP contribution in [0.1, 0.15) is 31.4 Å². The number of rotatable bonds is 3. The highest BCUT2D eigenvalue weighted by molar-refractivity contribution is 5.86. The first-order valence-corrected chi connectivity index (χ1v) is 7.44. The predicted octanol–water partition coefficient (Wildman–Crippen LogP) is 1.85. The lowest BCUT2D eigenvalue weighted by molar-refractivity contribution is -0.145. The van der Waals surface area contributed by atoms with Crippen molar-refractivity contribution in [2.24, 2.45) is 11.7 Å². The summed E-state index contributed by atoms with van der Waals surface area (Å²) in [6.45, 7) is 3.09. The molecule has 1 aliphatic carbocycles. The zero-order valence-electron chi connectivity index (χ0n) is 12.2. The Kier molecular flexibility index (Phi) is 3.71. The van der Waals surface area contributed by atoms with Crippen molar-refractivity contribution >= 4 is 5.91 Å². The average Bonchev–Trinajstić information content (AvgIpc) is 3.32. The zero-order chi connectivity index (χ0) is 15.0. The van der Waals surface area contributed by atoms with Crippen molar-refractivity contribution in [3.05, 3.63) is 35.6 Å². The molecular formula is C16H21FN2O2. The highest BCUT2D eigenvalue weighted by Crippen LogP contribution is 2.39. The summed E-state index contributed by atoms with van der Waals surface area (Å²) in [5.74, 6) is -0.0658. The molecule has 5 heteroatoms. The number of hydrogen-bond acceptors (Lipinski definition) is 3. The minimum atomic E-state index is -0.808. The third kappa shape index (κ3) is 2.80. The lowest BCUT2D eigenvalue weighted by Crippen LogP contribution is -2.57. The van der Waals surface area contributed by atoms with Gasteiger partial charge in [-0.15, -0.1) is 0 Å². The molecule has 21 heavy (non-hydrogen) atoms. The molecule has 1 saturated carbocycles. The fourth-order valence-corrected chi connectivity index (χ4v) is 2.96. The Morgan fingerprint density at radius 3 is 2.81 bits per heavy atom. The van der Waals surface area contributed by atoms with Crippen LogP contribution < -0.4 is 5.73 Å². The smallest absolute Gasteiger partial charge is 0.242 e. The van der Waals surface area contributed by atoms with Gasteiger partial charge in [0, 0.05) is 12.1 Å². The number of halogens is 1. The number of ether oxygens (including phenoxy) is 1. The van der Waals surface area contributed by atoms with E-state index in [1.807, 2.05) is 0 Å². The van der Waals surface area contributed by atoms with Crippen molar-refractivity contribution in [3.63, 3.8) is 0 Å². The summed E-state index contributed by atoms with van der Waals surface area (Å²) in [5.41, 5.74) is 5.90. The quantitative estimate of drug-likeness (QED) is 0.925. The second-order valence-corrected chi connectivity index (χ2v) is 6.19. The molecule has 3 rings (SSSR count). The van der Waals surface area contributed by atoms with Gasteiger partial charge in [0.1, 0.15) is 11.9 Å². The fourth-order valence-electron chi connectivity index (χ4n) is 2.96. The molecule has 0 unspecified atom stereocenters. The molecule has 1 aromatic carbocycles. The SMILES string of the molecule is C[C@@](N)(C(=O)N1CCO[C@H](c2ccccc2F)C1)C1CC1. The van der Waals surface area contributed by atoms with E-state index in [0.717, 1.165) is 12.8 Å². The van der Waals surface area contributed by atoms with Crippen molar-refractivity contribution in [3.8, 4) is 0 Å². The molecule has 2 atom stereocenters. The molecule has 1 amide bonds. The number of carbonyl (C=O) groups is 1. The number of hydrogen-bond donors (Lipinski definition) is 1. The minimum absolute atomic E-state index is 0.0466. The van der Waals surface area contributed by atoms with Crippen LogP contribution in [-0.4, -0.2) is 36.0 Å². The number of morpholine rings is 1. The second kappa shape index (κ2) is 5.39. The van der Waals surface area contributed by atoms with E-state index in [1.165, 1.54) is 6.07 Å². The van der Waals surface area contributed by atoms with Gasteiger partial charge in [0.05, 0.1) is 18.7 Å². The van der Waals surface area contributed by atoms with Gasteiger partial charge in [0.15, 0.2) is 0 Å². The first-order chi connectivity index (χ1) is 10.00. The largest absolute Gasteiger partial charge is 0.370 e. The van der Waals surface area contributed by atoms with Crippen LogP contribution in [0.3, 0.4) is 0 Å². The highest BCUT2D eigenvalue weighted by Gasteiger charge is 2.46. The monoisotopic (exact) mass is 292 g/mol. The van der Waals surface area contributed by atoms with Crippen molar-refractivity contribution in [2.45, 2.75) is 31.4 Å². The van der Waals surface area contributed by atoms with Gasteiger partial charge in [-0.3, -0.25) is 4.79 Å². The Morgan fingerprint density at radius 1 is 1.43 bits per heavy atom. The van der Waals surface area contributed by atoms with Gasteiger partial charge < -0.3 is 15.4 Å². The number of nitrogens with two attached hydrogens (primary N) is 1. The van der Waals surface area contributed by atoms with Crippen LogP contribution in [-0.2, 0) is 9.53 Å². The molecule has 114 valence electrons. The van der Waals surface area contributed by atoms with Crippen molar-refractivity contribution in [1.29, 1.82) is 0 Å². The summed E-state index contributed by atoms with van der Waals surface area (Å²) in [6.07, 6.45) is 1.61. The summed E-state index contributed by atoms with van der Waals surface area (Å²) in [6, 6.07) is 6.54. The molecule has 0 aromatic heterocycles. The summed E-state index contributed by atoms with van der Waals surface area (Å²) in [7, 11) is 0. The van der Waals surface area contributed by atoms with Gasteiger partial charge in [0.2, 0.25) is 5.91 Å². The predicted molar refractivity (Wildman–Crippen MR) is 77.0 cm³/mol. The van der Waals surface area contributed by atoms with Crippen molar-refractivity contribution < 1.29 is 13.9 Å². The van der Waals surface area contributed by atoms with Crippen LogP contribution in [0, 0.1) is 11.7 Å². The van der Waals surface area contributed by atoms with Crippen LogP contribution in [0.2, 0.25) is 0 Å². The van der Waals surface area contributed by atoms with Gasteiger partial charge in [-0.1, -0.05) is 18.2 Å². The van der Waals surface area contributed by atoms with E-state index in [-0.39, 0.29) is 17.6 Å². The maximum absolute atomic E-state index is 13.9. The molecule has 1 aromatic rings. The molecule has 0 radical (unpaired) electrons. The van der Waals surface area contributed by atoms with Crippen LogP contribution >= 0.6 is 0 Å². The van der Waals surface area contributed by atoms with Gasteiger partial charge in [-0.05, 0) is 31.7 Å². The molecule has 2 N–H and O–H groups in total. The lowest BCUT2D eigenvalue weighted by atomic mass is 9.94. The summed E-state index contributed by atoms with van der Waals surface area (Å²) in [4.78, 5) is 14.3.